The topological polar surface area (TPSA) is 76.2 Å². The average molecular weight is 400 g/mol. The van der Waals surface area contributed by atoms with E-state index in [1.165, 1.54) is 0 Å². The third kappa shape index (κ3) is 6.15. The van der Waals surface area contributed by atoms with Crippen LogP contribution < -0.4 is 0 Å². The largest absolute Gasteiger partial charge is 0.455 e. The lowest BCUT2D eigenvalue weighted by molar-refractivity contribution is -0.159. The molecule has 0 bridgehead atoms. The Bertz CT molecular complexity index is 741. The van der Waals surface area contributed by atoms with Crippen LogP contribution in [0.25, 0.3) is 6.08 Å². The molecular weight excluding hydrogens is 372 g/mol. The number of amides is 2. The summed E-state index contributed by atoms with van der Waals surface area (Å²) in [7, 11) is 0. The van der Waals surface area contributed by atoms with Crippen LogP contribution in [-0.4, -0.2) is 73.1 Å². The minimum absolute atomic E-state index is 0.00112. The molecule has 1 aromatic rings. The summed E-state index contributed by atoms with van der Waals surface area (Å²) in [6, 6.07) is 9.64. The number of rotatable bonds is 5. The molecule has 2 heterocycles. The van der Waals surface area contributed by atoms with Crippen LogP contribution in [0.15, 0.2) is 36.4 Å². The molecule has 3 rings (SSSR count). The van der Waals surface area contributed by atoms with Gasteiger partial charge in [0.25, 0.3) is 5.91 Å². The predicted molar refractivity (Wildman–Crippen MR) is 108 cm³/mol. The molecule has 2 saturated heterocycles. The van der Waals surface area contributed by atoms with Gasteiger partial charge in [-0.05, 0) is 31.4 Å². The maximum absolute atomic E-state index is 12.3. The van der Waals surface area contributed by atoms with E-state index in [4.69, 9.17) is 9.47 Å². The van der Waals surface area contributed by atoms with Gasteiger partial charge in [0.1, 0.15) is 0 Å². The predicted octanol–water partition coefficient (Wildman–Crippen LogP) is 1.73. The SMILES string of the molecule is CC1CN(C(=O)COC(=O)C2CCN(C(=O)/C=C/c3ccccc3)CC2)CCO1. The Morgan fingerprint density at radius 3 is 2.52 bits per heavy atom. The van der Waals surface area contributed by atoms with Crippen LogP contribution in [0, 0.1) is 5.92 Å². The smallest absolute Gasteiger partial charge is 0.309 e. The van der Waals surface area contributed by atoms with Crippen molar-refractivity contribution in [3.8, 4) is 0 Å². The number of hydrogen-bond acceptors (Lipinski definition) is 5. The van der Waals surface area contributed by atoms with Crippen molar-refractivity contribution in [2.75, 3.05) is 39.4 Å². The van der Waals surface area contributed by atoms with Crippen molar-refractivity contribution in [3.05, 3.63) is 42.0 Å². The fraction of sp³-hybridized carbons (Fsp3) is 0.500. The highest BCUT2D eigenvalue weighted by molar-refractivity contribution is 5.92. The van der Waals surface area contributed by atoms with Gasteiger partial charge in [-0.3, -0.25) is 14.4 Å². The lowest BCUT2D eigenvalue weighted by Crippen LogP contribution is -2.46. The molecule has 0 radical (unpaired) electrons. The Kier molecular flexibility index (Phi) is 7.41. The molecule has 1 atom stereocenters. The van der Waals surface area contributed by atoms with E-state index in [-0.39, 0.29) is 36.4 Å². The Labute approximate surface area is 171 Å². The van der Waals surface area contributed by atoms with Gasteiger partial charge in [0.2, 0.25) is 5.91 Å². The summed E-state index contributed by atoms with van der Waals surface area (Å²) < 4.78 is 10.7. The highest BCUT2D eigenvalue weighted by Gasteiger charge is 2.29. The van der Waals surface area contributed by atoms with Crippen LogP contribution in [0.1, 0.15) is 25.3 Å². The number of nitrogens with zero attached hydrogens (tertiary/aromatic N) is 2. The maximum atomic E-state index is 12.3. The van der Waals surface area contributed by atoms with E-state index in [0.29, 0.717) is 45.6 Å². The van der Waals surface area contributed by atoms with Crippen molar-refractivity contribution in [1.29, 1.82) is 0 Å². The molecule has 0 aliphatic carbocycles. The van der Waals surface area contributed by atoms with Gasteiger partial charge in [-0.15, -0.1) is 0 Å². The molecule has 7 heteroatoms. The van der Waals surface area contributed by atoms with Crippen LogP contribution >= 0.6 is 0 Å². The van der Waals surface area contributed by atoms with Crippen LogP contribution in [0.5, 0.6) is 0 Å². The van der Waals surface area contributed by atoms with Crippen molar-refractivity contribution in [2.24, 2.45) is 5.92 Å². The quantitative estimate of drug-likeness (QED) is 0.556. The molecule has 2 amide bonds. The zero-order valence-electron chi connectivity index (χ0n) is 16.8. The van der Waals surface area contributed by atoms with Gasteiger partial charge in [-0.25, -0.2) is 0 Å². The molecule has 1 aromatic carbocycles. The maximum Gasteiger partial charge on any atom is 0.309 e. The van der Waals surface area contributed by atoms with Crippen molar-refractivity contribution in [1.82, 2.24) is 9.80 Å². The van der Waals surface area contributed by atoms with Crippen molar-refractivity contribution in [2.45, 2.75) is 25.9 Å². The van der Waals surface area contributed by atoms with Crippen molar-refractivity contribution in [3.63, 3.8) is 0 Å². The molecule has 0 N–H and O–H groups in total. The first-order valence-corrected chi connectivity index (χ1v) is 10.1. The molecule has 2 aliphatic rings. The summed E-state index contributed by atoms with van der Waals surface area (Å²) in [5.41, 5.74) is 0.971. The monoisotopic (exact) mass is 400 g/mol. The van der Waals surface area contributed by atoms with Crippen molar-refractivity contribution < 1.29 is 23.9 Å². The highest BCUT2D eigenvalue weighted by atomic mass is 16.5. The first kappa shape index (κ1) is 21.0. The zero-order valence-corrected chi connectivity index (χ0v) is 16.8. The number of morpholine rings is 1. The van der Waals surface area contributed by atoms with Gasteiger partial charge in [0.05, 0.1) is 18.6 Å². The van der Waals surface area contributed by atoms with Gasteiger partial charge in [0.15, 0.2) is 6.61 Å². The number of hydrogen-bond donors (Lipinski definition) is 0. The van der Waals surface area contributed by atoms with Gasteiger partial charge in [-0.2, -0.15) is 0 Å². The molecule has 2 fully saturated rings. The molecule has 0 spiro atoms. The van der Waals surface area contributed by atoms with E-state index in [1.807, 2.05) is 37.3 Å². The van der Waals surface area contributed by atoms with Crippen LogP contribution in [0.2, 0.25) is 0 Å². The molecule has 1 unspecified atom stereocenters. The second-order valence-electron chi connectivity index (χ2n) is 7.47. The van der Waals surface area contributed by atoms with Gasteiger partial charge in [-0.1, -0.05) is 30.3 Å². The van der Waals surface area contributed by atoms with E-state index in [9.17, 15) is 14.4 Å². The van der Waals surface area contributed by atoms with Gasteiger partial charge in [0, 0.05) is 32.3 Å². The van der Waals surface area contributed by atoms with Crippen molar-refractivity contribution >= 4 is 23.9 Å². The normalized spacial score (nSPS) is 20.7. The summed E-state index contributed by atoms with van der Waals surface area (Å²) in [6.07, 6.45) is 4.46. The molecule has 2 aliphatic heterocycles. The molecule has 0 saturated carbocycles. The summed E-state index contributed by atoms with van der Waals surface area (Å²) in [6.45, 7) is 4.25. The number of ether oxygens (including phenoxy) is 2. The summed E-state index contributed by atoms with van der Waals surface area (Å²) in [4.78, 5) is 40.2. The van der Waals surface area contributed by atoms with E-state index in [0.717, 1.165) is 5.56 Å². The highest BCUT2D eigenvalue weighted by Crippen LogP contribution is 2.19. The molecule has 156 valence electrons. The fourth-order valence-electron chi connectivity index (χ4n) is 3.56. The standard InChI is InChI=1S/C22H28N2O5/c1-17-15-24(13-14-28-17)21(26)16-29-22(27)19-9-11-23(12-10-19)20(25)8-7-18-5-3-2-4-6-18/h2-8,17,19H,9-16H2,1H3/b8-7+. The third-order valence-corrected chi connectivity index (χ3v) is 5.29. The Balaban J connectivity index is 1.39. The molecule has 7 nitrogen and oxygen atoms in total. The zero-order chi connectivity index (χ0) is 20.6. The number of esters is 1. The van der Waals surface area contributed by atoms with E-state index in [2.05, 4.69) is 0 Å². The summed E-state index contributed by atoms with van der Waals surface area (Å²) >= 11 is 0. The number of benzene rings is 1. The molecular formula is C22H28N2O5. The third-order valence-electron chi connectivity index (χ3n) is 5.29. The van der Waals surface area contributed by atoms with Gasteiger partial charge < -0.3 is 19.3 Å². The van der Waals surface area contributed by atoms with E-state index >= 15 is 0 Å². The Morgan fingerprint density at radius 2 is 1.83 bits per heavy atom. The summed E-state index contributed by atoms with van der Waals surface area (Å²) in [5, 5.41) is 0. The lowest BCUT2D eigenvalue weighted by atomic mass is 9.97. The molecule has 29 heavy (non-hydrogen) atoms. The van der Waals surface area contributed by atoms with E-state index < -0.39 is 0 Å². The first-order chi connectivity index (χ1) is 14.0. The minimum atomic E-state index is -0.355. The second kappa shape index (κ2) is 10.2. The van der Waals surface area contributed by atoms with Gasteiger partial charge >= 0.3 is 5.97 Å². The summed E-state index contributed by atoms with van der Waals surface area (Å²) in [5.74, 6) is -0.871. The number of likely N-dealkylation sites (tertiary alicyclic amines) is 1. The first-order valence-electron chi connectivity index (χ1n) is 10.1. The average Bonchev–Trinajstić information content (AvgIpc) is 2.76. The number of piperidine rings is 1. The lowest BCUT2D eigenvalue weighted by Gasteiger charge is -2.32. The van der Waals surface area contributed by atoms with E-state index in [1.54, 1.807) is 22.0 Å². The second-order valence-corrected chi connectivity index (χ2v) is 7.47. The fourth-order valence-corrected chi connectivity index (χ4v) is 3.56. The molecule has 0 aromatic heterocycles. The number of carbonyl (C=O) groups excluding carboxylic acids is 3. The van der Waals surface area contributed by atoms with Crippen LogP contribution in [0.3, 0.4) is 0 Å². The van der Waals surface area contributed by atoms with Crippen LogP contribution in [-0.2, 0) is 23.9 Å². The van der Waals surface area contributed by atoms with Crippen LogP contribution in [0.4, 0.5) is 0 Å². The minimum Gasteiger partial charge on any atom is -0.455 e. The Morgan fingerprint density at radius 1 is 1.10 bits per heavy atom. The number of carbonyl (C=O) groups is 3. The Hall–Kier alpha value is -2.67.